The lowest BCUT2D eigenvalue weighted by atomic mass is 10.1. The van der Waals surface area contributed by atoms with E-state index in [1.165, 1.54) is 0 Å². The molecule has 0 aliphatic carbocycles. The first-order chi connectivity index (χ1) is 14.7. The maximum atomic E-state index is 12.5. The topological polar surface area (TPSA) is 93.1 Å². The van der Waals surface area contributed by atoms with Crippen LogP contribution in [0.3, 0.4) is 0 Å². The fourth-order valence-electron chi connectivity index (χ4n) is 3.44. The van der Waals surface area contributed by atoms with E-state index in [9.17, 15) is 13.2 Å². The van der Waals surface area contributed by atoms with Gasteiger partial charge in [-0.25, -0.2) is 17.8 Å². The van der Waals surface area contributed by atoms with Crippen molar-refractivity contribution in [2.24, 2.45) is 0 Å². The molecular weight excluding hydrogens is 412 g/mol. The highest BCUT2D eigenvalue weighted by atomic mass is 32.2. The molecule has 3 rings (SSSR count). The minimum absolute atomic E-state index is 0.114. The Hall–Kier alpha value is -2.97. The summed E-state index contributed by atoms with van der Waals surface area (Å²) in [4.78, 5) is 12.7. The minimum atomic E-state index is -3.63. The second kappa shape index (κ2) is 9.45. The molecule has 2 N–H and O–H groups in total. The number of carbonyl (C=O) groups excluding carboxylic acids is 1. The van der Waals surface area contributed by atoms with Gasteiger partial charge >= 0.3 is 0 Å². The number of nitrogens with one attached hydrogen (secondary N) is 2. The third-order valence-electron chi connectivity index (χ3n) is 5.15. The van der Waals surface area contributed by atoms with Gasteiger partial charge in [-0.3, -0.25) is 4.79 Å². The first kappa shape index (κ1) is 22.7. The van der Waals surface area contributed by atoms with E-state index in [0.717, 1.165) is 28.2 Å². The molecule has 7 nitrogen and oxygen atoms in total. The first-order valence-corrected chi connectivity index (χ1v) is 11.6. The van der Waals surface area contributed by atoms with E-state index < -0.39 is 10.0 Å². The summed E-state index contributed by atoms with van der Waals surface area (Å²) in [5.41, 5.74) is 5.08. The van der Waals surface area contributed by atoms with E-state index >= 15 is 0 Å². The number of benzene rings is 2. The van der Waals surface area contributed by atoms with Gasteiger partial charge in [0.05, 0.1) is 22.7 Å². The highest BCUT2D eigenvalue weighted by Crippen LogP contribution is 2.18. The summed E-state index contributed by atoms with van der Waals surface area (Å²) in [5.74, 6) is -0.176. The summed E-state index contributed by atoms with van der Waals surface area (Å²) in [5, 5.41) is 7.34. The van der Waals surface area contributed by atoms with Crippen LogP contribution in [0.2, 0.25) is 0 Å². The van der Waals surface area contributed by atoms with E-state index in [-0.39, 0.29) is 30.3 Å². The lowest BCUT2D eigenvalue weighted by molar-refractivity contribution is -0.120. The fraction of sp³-hybridized carbons (Fsp3) is 0.304. The molecule has 0 spiro atoms. The molecule has 0 unspecified atom stereocenters. The Morgan fingerprint density at radius 1 is 1.00 bits per heavy atom. The predicted molar refractivity (Wildman–Crippen MR) is 121 cm³/mol. The molecule has 2 aromatic carbocycles. The van der Waals surface area contributed by atoms with Crippen molar-refractivity contribution in [1.29, 1.82) is 0 Å². The normalized spacial score (nSPS) is 11.5. The number of carbonyl (C=O) groups is 1. The third kappa shape index (κ3) is 5.39. The summed E-state index contributed by atoms with van der Waals surface area (Å²) in [6.45, 7) is 7.75. The van der Waals surface area contributed by atoms with Crippen LogP contribution in [0.15, 0.2) is 53.4 Å². The van der Waals surface area contributed by atoms with Crippen molar-refractivity contribution in [2.75, 3.05) is 13.1 Å². The van der Waals surface area contributed by atoms with Crippen LogP contribution in [-0.4, -0.2) is 37.2 Å². The van der Waals surface area contributed by atoms with Gasteiger partial charge in [0.1, 0.15) is 0 Å². The molecule has 3 aromatic rings. The van der Waals surface area contributed by atoms with Gasteiger partial charge in [-0.2, -0.15) is 5.10 Å². The standard InChI is InChI=1S/C23H28N4O3S/c1-16-10-11-17(2)22(14-16)31(29,30)25-13-12-24-23(28)15-21-18(3)26-27(19(21)4)20-8-6-5-7-9-20/h5-11,14,25H,12-13,15H2,1-4H3,(H,24,28). The van der Waals surface area contributed by atoms with Crippen molar-refractivity contribution < 1.29 is 13.2 Å². The molecule has 1 heterocycles. The average molecular weight is 441 g/mol. The van der Waals surface area contributed by atoms with Gasteiger partial charge in [-0.15, -0.1) is 0 Å². The number of nitrogens with zero attached hydrogens (tertiary/aromatic N) is 2. The molecule has 1 amide bonds. The predicted octanol–water partition coefficient (Wildman–Crippen LogP) is 2.74. The molecule has 8 heteroatoms. The van der Waals surface area contributed by atoms with Crippen molar-refractivity contribution in [3.8, 4) is 5.69 Å². The second-order valence-electron chi connectivity index (χ2n) is 7.59. The summed E-state index contributed by atoms with van der Waals surface area (Å²) in [6.07, 6.45) is 0.189. The molecule has 31 heavy (non-hydrogen) atoms. The zero-order valence-electron chi connectivity index (χ0n) is 18.3. The monoisotopic (exact) mass is 440 g/mol. The highest BCUT2D eigenvalue weighted by Gasteiger charge is 2.18. The van der Waals surface area contributed by atoms with E-state index in [1.54, 1.807) is 19.1 Å². The number of sulfonamides is 1. The van der Waals surface area contributed by atoms with E-state index in [0.29, 0.717) is 5.56 Å². The highest BCUT2D eigenvalue weighted by molar-refractivity contribution is 7.89. The number of amides is 1. The Labute approximate surface area is 183 Å². The third-order valence-corrected chi connectivity index (χ3v) is 6.75. The van der Waals surface area contributed by atoms with Gasteiger partial charge in [-0.1, -0.05) is 30.3 Å². The van der Waals surface area contributed by atoms with Crippen molar-refractivity contribution >= 4 is 15.9 Å². The van der Waals surface area contributed by atoms with Gasteiger partial charge in [-0.05, 0) is 57.0 Å². The van der Waals surface area contributed by atoms with E-state index in [2.05, 4.69) is 15.1 Å². The van der Waals surface area contributed by atoms with Crippen LogP contribution in [0, 0.1) is 27.7 Å². The van der Waals surface area contributed by atoms with Crippen LogP contribution in [0.5, 0.6) is 0 Å². The Balaban J connectivity index is 1.57. The number of hydrogen-bond acceptors (Lipinski definition) is 4. The molecule has 0 bridgehead atoms. The largest absolute Gasteiger partial charge is 0.354 e. The summed E-state index contributed by atoms with van der Waals surface area (Å²) >= 11 is 0. The first-order valence-electron chi connectivity index (χ1n) is 10.1. The van der Waals surface area contributed by atoms with Crippen molar-refractivity contribution in [2.45, 2.75) is 39.0 Å². The van der Waals surface area contributed by atoms with Crippen LogP contribution in [0.4, 0.5) is 0 Å². The van der Waals surface area contributed by atoms with Crippen LogP contribution in [-0.2, 0) is 21.2 Å². The molecule has 0 radical (unpaired) electrons. The second-order valence-corrected chi connectivity index (χ2v) is 9.33. The SMILES string of the molecule is Cc1ccc(C)c(S(=O)(=O)NCCNC(=O)Cc2c(C)nn(-c3ccccc3)c2C)c1. The molecule has 0 saturated heterocycles. The Kier molecular flexibility index (Phi) is 6.92. The van der Waals surface area contributed by atoms with Gasteiger partial charge in [0.25, 0.3) is 0 Å². The van der Waals surface area contributed by atoms with Crippen LogP contribution < -0.4 is 10.0 Å². The average Bonchev–Trinajstić information content (AvgIpc) is 3.02. The zero-order chi connectivity index (χ0) is 22.6. The van der Waals surface area contributed by atoms with E-state index in [1.807, 2.05) is 61.9 Å². The number of rotatable bonds is 8. The minimum Gasteiger partial charge on any atom is -0.354 e. The Bertz CT molecular complexity index is 1190. The zero-order valence-corrected chi connectivity index (χ0v) is 19.1. The molecular formula is C23H28N4O3S. The number of hydrogen-bond donors (Lipinski definition) is 2. The number of para-hydroxylation sites is 1. The van der Waals surface area contributed by atoms with Gasteiger partial charge in [0, 0.05) is 24.3 Å². The van der Waals surface area contributed by atoms with Gasteiger partial charge in [0.2, 0.25) is 15.9 Å². The summed E-state index contributed by atoms with van der Waals surface area (Å²) in [7, 11) is -3.63. The van der Waals surface area contributed by atoms with Gasteiger partial charge < -0.3 is 5.32 Å². The number of aryl methyl sites for hydroxylation is 3. The van der Waals surface area contributed by atoms with Gasteiger partial charge in [0.15, 0.2) is 0 Å². The Morgan fingerprint density at radius 3 is 2.42 bits per heavy atom. The maximum Gasteiger partial charge on any atom is 0.240 e. The maximum absolute atomic E-state index is 12.5. The number of aromatic nitrogens is 2. The van der Waals surface area contributed by atoms with Crippen molar-refractivity contribution in [3.63, 3.8) is 0 Å². The summed E-state index contributed by atoms with van der Waals surface area (Å²) in [6, 6.07) is 15.1. The lowest BCUT2D eigenvalue weighted by Crippen LogP contribution is -2.35. The Morgan fingerprint density at radius 2 is 1.71 bits per heavy atom. The quantitative estimate of drug-likeness (QED) is 0.527. The molecule has 0 fully saturated rings. The molecule has 0 aliphatic rings. The summed E-state index contributed by atoms with van der Waals surface area (Å²) < 4.78 is 29.4. The van der Waals surface area contributed by atoms with Crippen molar-refractivity contribution in [3.05, 3.63) is 76.6 Å². The van der Waals surface area contributed by atoms with Crippen LogP contribution in [0.1, 0.15) is 28.1 Å². The van der Waals surface area contributed by atoms with Crippen LogP contribution in [0.25, 0.3) is 5.69 Å². The lowest BCUT2D eigenvalue weighted by Gasteiger charge is -2.11. The molecule has 0 saturated carbocycles. The molecule has 0 aliphatic heterocycles. The van der Waals surface area contributed by atoms with E-state index in [4.69, 9.17) is 0 Å². The molecule has 0 atom stereocenters. The smallest absolute Gasteiger partial charge is 0.240 e. The fourth-order valence-corrected chi connectivity index (χ4v) is 4.80. The van der Waals surface area contributed by atoms with Crippen molar-refractivity contribution in [1.82, 2.24) is 19.8 Å². The molecule has 164 valence electrons. The molecule has 1 aromatic heterocycles. The van der Waals surface area contributed by atoms with Crippen LogP contribution >= 0.6 is 0 Å².